The molecule has 2 aromatic rings. The van der Waals surface area contributed by atoms with Gasteiger partial charge in [0.05, 0.1) is 0 Å². The predicted molar refractivity (Wildman–Crippen MR) is 87.2 cm³/mol. The quantitative estimate of drug-likeness (QED) is 0.464. The van der Waals surface area contributed by atoms with Crippen LogP contribution in [0.5, 0.6) is 0 Å². The van der Waals surface area contributed by atoms with Crippen molar-refractivity contribution in [1.29, 1.82) is 0 Å². The standard InChI is InChI=1S/C14H16BrN5O2/c1-10(14(21)18-12-5-2-4-11(15)8-12)22-19-13(16)9-20-7-3-6-17-20/h2-8,10H,9H2,1H3,(H2,16,19)(H,18,21). The van der Waals surface area contributed by atoms with Crippen molar-refractivity contribution in [3.63, 3.8) is 0 Å². The van der Waals surface area contributed by atoms with Gasteiger partial charge in [0.25, 0.3) is 5.91 Å². The molecular weight excluding hydrogens is 350 g/mol. The Bertz CT molecular complexity index is 657. The fourth-order valence-electron chi connectivity index (χ4n) is 1.59. The molecule has 1 aromatic heterocycles. The van der Waals surface area contributed by atoms with E-state index in [0.29, 0.717) is 12.2 Å². The Labute approximate surface area is 136 Å². The zero-order valence-electron chi connectivity index (χ0n) is 11.9. The van der Waals surface area contributed by atoms with Crippen molar-refractivity contribution in [3.8, 4) is 0 Å². The second kappa shape index (κ2) is 7.60. The molecule has 1 aromatic carbocycles. The van der Waals surface area contributed by atoms with Crippen LogP contribution in [-0.4, -0.2) is 27.6 Å². The number of carbonyl (C=O) groups excluding carboxylic acids is 1. The van der Waals surface area contributed by atoms with Gasteiger partial charge in [-0.15, -0.1) is 0 Å². The van der Waals surface area contributed by atoms with Crippen molar-refractivity contribution in [2.75, 3.05) is 5.32 Å². The highest BCUT2D eigenvalue weighted by Crippen LogP contribution is 2.15. The third-order valence-corrected chi connectivity index (χ3v) is 3.17. The van der Waals surface area contributed by atoms with Crippen molar-refractivity contribution in [3.05, 3.63) is 47.2 Å². The van der Waals surface area contributed by atoms with E-state index in [9.17, 15) is 4.79 Å². The van der Waals surface area contributed by atoms with E-state index in [4.69, 9.17) is 10.6 Å². The van der Waals surface area contributed by atoms with Crippen LogP contribution in [0.15, 0.2) is 52.4 Å². The number of nitrogens with two attached hydrogens (primary N) is 1. The second-order valence-electron chi connectivity index (χ2n) is 4.53. The molecule has 0 radical (unpaired) electrons. The molecule has 0 fully saturated rings. The maximum absolute atomic E-state index is 12.0. The maximum Gasteiger partial charge on any atom is 0.267 e. The molecule has 1 atom stereocenters. The van der Waals surface area contributed by atoms with Gasteiger partial charge in [-0.3, -0.25) is 9.48 Å². The number of aromatic nitrogens is 2. The smallest absolute Gasteiger partial charge is 0.267 e. The minimum absolute atomic E-state index is 0.228. The van der Waals surface area contributed by atoms with Gasteiger partial charge >= 0.3 is 0 Å². The molecule has 0 saturated heterocycles. The van der Waals surface area contributed by atoms with Gasteiger partial charge in [0.2, 0.25) is 6.10 Å². The van der Waals surface area contributed by atoms with E-state index in [-0.39, 0.29) is 11.7 Å². The van der Waals surface area contributed by atoms with Gasteiger partial charge in [0.1, 0.15) is 6.54 Å². The van der Waals surface area contributed by atoms with Crippen LogP contribution < -0.4 is 11.1 Å². The summed E-state index contributed by atoms with van der Waals surface area (Å²) in [7, 11) is 0. The van der Waals surface area contributed by atoms with Crippen LogP contribution >= 0.6 is 15.9 Å². The molecule has 7 nitrogen and oxygen atoms in total. The lowest BCUT2D eigenvalue weighted by Crippen LogP contribution is -2.28. The van der Waals surface area contributed by atoms with Crippen molar-refractivity contribution >= 4 is 33.4 Å². The molecule has 2 rings (SSSR count). The van der Waals surface area contributed by atoms with Crippen molar-refractivity contribution in [2.45, 2.75) is 19.6 Å². The van der Waals surface area contributed by atoms with Gasteiger partial charge in [-0.1, -0.05) is 27.2 Å². The molecule has 22 heavy (non-hydrogen) atoms. The number of hydrogen-bond donors (Lipinski definition) is 2. The van der Waals surface area contributed by atoms with Gasteiger partial charge in [-0.25, -0.2) is 0 Å². The van der Waals surface area contributed by atoms with Gasteiger partial charge in [0.15, 0.2) is 5.84 Å². The maximum atomic E-state index is 12.0. The number of benzene rings is 1. The molecular formula is C14H16BrN5O2. The van der Waals surface area contributed by atoms with Crippen LogP contribution in [0.4, 0.5) is 5.69 Å². The number of amidine groups is 1. The molecule has 0 aliphatic rings. The minimum atomic E-state index is -0.768. The molecule has 8 heteroatoms. The first-order valence-electron chi connectivity index (χ1n) is 6.56. The molecule has 1 heterocycles. The molecule has 116 valence electrons. The first kappa shape index (κ1) is 16.0. The summed E-state index contributed by atoms with van der Waals surface area (Å²) in [6.07, 6.45) is 2.63. The molecule has 3 N–H and O–H groups in total. The normalized spacial score (nSPS) is 12.7. The second-order valence-corrected chi connectivity index (χ2v) is 5.45. The number of nitrogens with zero attached hydrogens (tertiary/aromatic N) is 3. The fourth-order valence-corrected chi connectivity index (χ4v) is 1.99. The molecule has 0 bridgehead atoms. The van der Waals surface area contributed by atoms with Crippen LogP contribution in [0.25, 0.3) is 0 Å². The number of nitrogens with one attached hydrogen (secondary N) is 1. The number of hydrogen-bond acceptors (Lipinski definition) is 4. The Hall–Kier alpha value is -2.35. The fraction of sp³-hybridized carbons (Fsp3) is 0.214. The summed E-state index contributed by atoms with van der Waals surface area (Å²) < 4.78 is 2.48. The summed E-state index contributed by atoms with van der Waals surface area (Å²) >= 11 is 3.34. The van der Waals surface area contributed by atoms with E-state index in [1.807, 2.05) is 12.1 Å². The van der Waals surface area contributed by atoms with Gasteiger partial charge in [-0.2, -0.15) is 5.10 Å². The van der Waals surface area contributed by atoms with Crippen LogP contribution in [0.1, 0.15) is 6.92 Å². The Morgan fingerprint density at radius 2 is 2.36 bits per heavy atom. The third-order valence-electron chi connectivity index (χ3n) is 2.67. The van der Waals surface area contributed by atoms with E-state index in [0.717, 1.165) is 4.47 Å². The van der Waals surface area contributed by atoms with E-state index in [2.05, 4.69) is 31.5 Å². The van der Waals surface area contributed by atoms with E-state index < -0.39 is 6.10 Å². The largest absolute Gasteiger partial charge is 0.383 e. The van der Waals surface area contributed by atoms with Crippen molar-refractivity contribution in [2.24, 2.45) is 10.9 Å². The Morgan fingerprint density at radius 1 is 1.55 bits per heavy atom. The van der Waals surface area contributed by atoms with Crippen LogP contribution in [0.2, 0.25) is 0 Å². The van der Waals surface area contributed by atoms with Crippen molar-refractivity contribution in [1.82, 2.24) is 9.78 Å². The summed E-state index contributed by atoms with van der Waals surface area (Å²) in [5.41, 5.74) is 6.38. The number of carbonyl (C=O) groups is 1. The van der Waals surface area contributed by atoms with E-state index >= 15 is 0 Å². The lowest BCUT2D eigenvalue weighted by atomic mass is 10.3. The van der Waals surface area contributed by atoms with E-state index in [1.54, 1.807) is 42.2 Å². The third kappa shape index (κ3) is 4.88. The molecule has 1 unspecified atom stereocenters. The molecule has 0 aliphatic heterocycles. The highest BCUT2D eigenvalue weighted by molar-refractivity contribution is 9.10. The lowest BCUT2D eigenvalue weighted by Gasteiger charge is -2.11. The number of oxime groups is 1. The number of anilines is 1. The zero-order chi connectivity index (χ0) is 15.9. The van der Waals surface area contributed by atoms with Crippen LogP contribution in [0, 0.1) is 0 Å². The van der Waals surface area contributed by atoms with Gasteiger partial charge in [-0.05, 0) is 31.2 Å². The van der Waals surface area contributed by atoms with Gasteiger partial charge < -0.3 is 15.9 Å². The number of halogens is 1. The van der Waals surface area contributed by atoms with Gasteiger partial charge in [0, 0.05) is 22.6 Å². The molecule has 0 aliphatic carbocycles. The van der Waals surface area contributed by atoms with Crippen LogP contribution in [0.3, 0.4) is 0 Å². The highest BCUT2D eigenvalue weighted by atomic mass is 79.9. The number of amides is 1. The molecule has 0 spiro atoms. The summed E-state index contributed by atoms with van der Waals surface area (Å²) in [6.45, 7) is 1.89. The highest BCUT2D eigenvalue weighted by Gasteiger charge is 2.14. The predicted octanol–water partition coefficient (Wildman–Crippen LogP) is 1.96. The van der Waals surface area contributed by atoms with Crippen LogP contribution in [-0.2, 0) is 16.2 Å². The summed E-state index contributed by atoms with van der Waals surface area (Å²) in [5, 5.41) is 10.5. The molecule has 0 saturated carbocycles. The first-order valence-corrected chi connectivity index (χ1v) is 7.36. The minimum Gasteiger partial charge on any atom is -0.383 e. The van der Waals surface area contributed by atoms with E-state index in [1.165, 1.54) is 0 Å². The lowest BCUT2D eigenvalue weighted by molar-refractivity contribution is -0.126. The Balaban J connectivity index is 1.85. The summed E-state index contributed by atoms with van der Waals surface area (Å²) in [5.74, 6) is -0.0838. The SMILES string of the molecule is CC(O/N=C(\N)Cn1cccn1)C(=O)Nc1cccc(Br)c1. The Kier molecular flexibility index (Phi) is 5.54. The Morgan fingerprint density at radius 3 is 3.05 bits per heavy atom. The zero-order valence-corrected chi connectivity index (χ0v) is 13.5. The first-order chi connectivity index (χ1) is 10.5. The monoisotopic (exact) mass is 365 g/mol. The number of rotatable bonds is 6. The summed E-state index contributed by atoms with van der Waals surface area (Å²) in [6, 6.07) is 9.05. The summed E-state index contributed by atoms with van der Waals surface area (Å²) in [4.78, 5) is 17.1. The average Bonchev–Trinajstić information content (AvgIpc) is 2.97. The average molecular weight is 366 g/mol. The topological polar surface area (TPSA) is 94.5 Å². The molecule has 1 amide bonds. The van der Waals surface area contributed by atoms with Crippen molar-refractivity contribution < 1.29 is 9.63 Å².